The van der Waals surface area contributed by atoms with Crippen molar-refractivity contribution in [2.75, 3.05) is 6.16 Å². The Kier molecular flexibility index (Phi) is 8.36. The van der Waals surface area contributed by atoms with Gasteiger partial charge in [-0.25, -0.2) is 0 Å². The van der Waals surface area contributed by atoms with Crippen molar-refractivity contribution in [1.29, 1.82) is 0 Å². The van der Waals surface area contributed by atoms with E-state index in [1.165, 1.54) is 0 Å². The van der Waals surface area contributed by atoms with Crippen molar-refractivity contribution in [3.63, 3.8) is 0 Å². The van der Waals surface area contributed by atoms with Gasteiger partial charge in [0.1, 0.15) is 0 Å². The lowest BCUT2D eigenvalue weighted by Crippen LogP contribution is -2.10. The van der Waals surface area contributed by atoms with Crippen LogP contribution >= 0.6 is 7.68 Å². The third kappa shape index (κ3) is 7.98. The van der Waals surface area contributed by atoms with Crippen molar-refractivity contribution in [1.82, 2.24) is 0 Å². The fourth-order valence-electron chi connectivity index (χ4n) is 1.50. The number of hydrogen-bond acceptors (Lipinski definition) is 2. The minimum atomic E-state index is -3.81. The molecule has 0 aromatic rings. The van der Waals surface area contributed by atoms with E-state index < -0.39 is 7.68 Å². The highest BCUT2D eigenvalue weighted by Crippen LogP contribution is 2.51. The highest BCUT2D eigenvalue weighted by atomic mass is 31.2. The van der Waals surface area contributed by atoms with Gasteiger partial charge in [0.25, 0.3) is 0 Å². The molecule has 0 bridgehead atoms. The van der Waals surface area contributed by atoms with Crippen molar-refractivity contribution in [2.24, 2.45) is 0 Å². The molecule has 0 spiro atoms. The van der Waals surface area contributed by atoms with Crippen LogP contribution in [-0.4, -0.2) is 12.3 Å². The lowest BCUT2D eigenvalue weighted by atomic mass is 10.1. The van der Waals surface area contributed by atoms with Crippen LogP contribution in [0.2, 0.25) is 0 Å². The summed E-state index contributed by atoms with van der Waals surface area (Å²) >= 11 is 0. The molecule has 0 N–H and O–H groups in total. The molecule has 0 amide bonds. The molecule has 0 aliphatic carbocycles. The summed E-state index contributed by atoms with van der Waals surface area (Å²) in [5.74, 6) is 0. The summed E-state index contributed by atoms with van der Waals surface area (Å²) in [5, 5.41) is 0. The van der Waals surface area contributed by atoms with E-state index in [1.807, 2.05) is 13.8 Å². The Labute approximate surface area is 93.2 Å². The molecule has 2 unspecified atom stereocenters. The smallest absolute Gasteiger partial charge is 0.302 e. The van der Waals surface area contributed by atoms with E-state index in [4.69, 9.17) is 4.52 Å². The number of unbranched alkanes of at least 4 members (excludes halogenated alkanes) is 2. The molecule has 0 fully saturated rings. The molecule has 0 saturated heterocycles. The lowest BCUT2D eigenvalue weighted by Gasteiger charge is -2.18. The second-order valence-electron chi connectivity index (χ2n) is 3.95. The maximum atomic E-state index is 13.4. The average Bonchev–Trinajstić information content (AvgIpc) is 2.16. The van der Waals surface area contributed by atoms with Crippen LogP contribution in [-0.2, 0) is 9.09 Å². The second-order valence-corrected chi connectivity index (χ2v) is 5.78. The zero-order chi connectivity index (χ0) is 11.7. The Hall–Kier alpha value is 0.120. The van der Waals surface area contributed by atoms with Gasteiger partial charge in [0.05, 0.1) is 12.3 Å². The molecule has 0 aliphatic heterocycles. The molecule has 2 atom stereocenters. The van der Waals surface area contributed by atoms with Crippen molar-refractivity contribution < 1.29 is 13.3 Å². The van der Waals surface area contributed by atoms with E-state index in [1.54, 1.807) is 0 Å². The predicted molar refractivity (Wildman–Crippen MR) is 63.2 cm³/mol. The van der Waals surface area contributed by atoms with Gasteiger partial charge in [-0.3, -0.25) is 4.57 Å². The van der Waals surface area contributed by atoms with E-state index in [0.717, 1.165) is 32.1 Å². The first-order valence-corrected chi connectivity index (χ1v) is 7.72. The second kappa shape index (κ2) is 8.29. The van der Waals surface area contributed by atoms with Gasteiger partial charge in [-0.1, -0.05) is 40.0 Å². The van der Waals surface area contributed by atoms with Gasteiger partial charge in [0, 0.05) is 0 Å². The lowest BCUT2D eigenvalue weighted by molar-refractivity contribution is 0.171. The summed E-state index contributed by atoms with van der Waals surface area (Å²) in [6.07, 6.45) is 5.31. The van der Waals surface area contributed by atoms with E-state index in [9.17, 15) is 8.76 Å². The maximum Gasteiger partial charge on any atom is 0.367 e. The van der Waals surface area contributed by atoms with Crippen LogP contribution in [0.5, 0.6) is 0 Å². The largest absolute Gasteiger partial charge is 0.367 e. The molecular weight excluding hydrogens is 214 g/mol. The first-order chi connectivity index (χ1) is 7.05. The third-order valence-corrected chi connectivity index (χ3v) is 3.98. The molecule has 92 valence electrons. The molecule has 0 saturated carbocycles. The van der Waals surface area contributed by atoms with Gasteiger partial charge in [-0.2, -0.15) is 4.20 Å². The van der Waals surface area contributed by atoms with Crippen molar-refractivity contribution in [3.05, 3.63) is 0 Å². The highest BCUT2D eigenvalue weighted by Gasteiger charge is 2.24. The van der Waals surface area contributed by atoms with E-state index in [2.05, 4.69) is 6.92 Å². The summed E-state index contributed by atoms with van der Waals surface area (Å²) in [5.41, 5.74) is 0. The van der Waals surface area contributed by atoms with Gasteiger partial charge in [0.15, 0.2) is 0 Å². The molecule has 0 rings (SSSR count). The van der Waals surface area contributed by atoms with Crippen LogP contribution in [0.1, 0.15) is 59.3 Å². The summed E-state index contributed by atoms with van der Waals surface area (Å²) in [6, 6.07) is 0. The Bertz CT molecular complexity index is 197. The van der Waals surface area contributed by atoms with Crippen LogP contribution in [0.3, 0.4) is 0 Å². The first kappa shape index (κ1) is 15.1. The Balaban J connectivity index is 3.91. The van der Waals surface area contributed by atoms with E-state index in [0.29, 0.717) is 6.42 Å². The SMILES string of the molecule is CCCCCC(CC)OP(=O)(F)CCC. The van der Waals surface area contributed by atoms with Crippen LogP contribution in [0.25, 0.3) is 0 Å². The van der Waals surface area contributed by atoms with Gasteiger partial charge >= 0.3 is 7.68 Å². The molecule has 0 radical (unpaired) electrons. The highest BCUT2D eigenvalue weighted by molar-refractivity contribution is 7.53. The molecule has 4 heteroatoms. The zero-order valence-electron chi connectivity index (χ0n) is 10.2. The van der Waals surface area contributed by atoms with Crippen molar-refractivity contribution in [2.45, 2.75) is 65.4 Å². The molecule has 15 heavy (non-hydrogen) atoms. The summed E-state index contributed by atoms with van der Waals surface area (Å²) < 4.78 is 29.8. The molecule has 2 nitrogen and oxygen atoms in total. The minimum absolute atomic E-state index is 0.0529. The molecular formula is C11H24FO2P. The Morgan fingerprint density at radius 1 is 1.20 bits per heavy atom. The normalized spacial score (nSPS) is 17.3. The Morgan fingerprint density at radius 3 is 2.33 bits per heavy atom. The van der Waals surface area contributed by atoms with Gasteiger partial charge in [0.2, 0.25) is 0 Å². The average molecular weight is 238 g/mol. The monoisotopic (exact) mass is 238 g/mol. The molecule has 0 aromatic heterocycles. The van der Waals surface area contributed by atoms with Crippen molar-refractivity contribution in [3.8, 4) is 0 Å². The minimum Gasteiger partial charge on any atom is -0.302 e. The summed E-state index contributed by atoms with van der Waals surface area (Å²) in [4.78, 5) is 0. The molecule has 0 aliphatic rings. The number of halogens is 1. The van der Waals surface area contributed by atoms with Crippen LogP contribution in [0.4, 0.5) is 4.20 Å². The number of hydrogen-bond donors (Lipinski definition) is 0. The zero-order valence-corrected chi connectivity index (χ0v) is 11.1. The fraction of sp³-hybridized carbons (Fsp3) is 1.00. The van der Waals surface area contributed by atoms with Crippen molar-refractivity contribution >= 4 is 7.68 Å². The number of rotatable bonds is 9. The molecule has 0 aromatic carbocycles. The third-order valence-electron chi connectivity index (χ3n) is 2.38. The van der Waals surface area contributed by atoms with E-state index >= 15 is 0 Å². The standard InChI is InChI=1S/C11H24FO2P/c1-4-7-8-9-11(6-3)14-15(12,13)10-5-2/h11H,4-10H2,1-3H3. The quantitative estimate of drug-likeness (QED) is 0.420. The fourth-order valence-corrected chi connectivity index (χ4v) is 2.84. The Morgan fingerprint density at radius 2 is 1.87 bits per heavy atom. The molecule has 0 heterocycles. The van der Waals surface area contributed by atoms with E-state index in [-0.39, 0.29) is 12.3 Å². The van der Waals surface area contributed by atoms with Crippen LogP contribution in [0, 0.1) is 0 Å². The summed E-state index contributed by atoms with van der Waals surface area (Å²) in [7, 11) is -3.81. The van der Waals surface area contributed by atoms with Crippen LogP contribution in [0.15, 0.2) is 0 Å². The first-order valence-electron chi connectivity index (χ1n) is 6.02. The van der Waals surface area contributed by atoms with Gasteiger partial charge < -0.3 is 4.52 Å². The maximum absolute atomic E-state index is 13.4. The topological polar surface area (TPSA) is 26.3 Å². The van der Waals surface area contributed by atoms with Crippen LogP contribution < -0.4 is 0 Å². The van der Waals surface area contributed by atoms with Gasteiger partial charge in [-0.15, -0.1) is 0 Å². The van der Waals surface area contributed by atoms with Gasteiger partial charge in [-0.05, 0) is 19.3 Å². The predicted octanol–water partition coefficient (Wildman–Crippen LogP) is 4.93. The summed E-state index contributed by atoms with van der Waals surface area (Å²) in [6.45, 7) is 5.88.